The molecule has 1 N–H and O–H groups in total. The summed E-state index contributed by atoms with van der Waals surface area (Å²) in [5, 5.41) is 7.96. The summed E-state index contributed by atoms with van der Waals surface area (Å²) in [5.74, 6) is 0. The maximum Gasteiger partial charge on any atom is 0.303 e. The van der Waals surface area contributed by atoms with Gasteiger partial charge in [0.05, 0.1) is 6.07 Å². The molecule has 0 aliphatic carbocycles. The molecule has 0 radical (unpaired) electrons. The molecule has 0 spiro atoms. The summed E-state index contributed by atoms with van der Waals surface area (Å²) in [6.07, 6.45) is -0.819. The first-order valence-corrected chi connectivity index (χ1v) is 2.87. The standard InChI is InChI=1S/C3H5NO3S/c1-3(2-4)7-8(5)6/h3H,1H3,(H,5,6). The van der Waals surface area contributed by atoms with Crippen LogP contribution in [0.3, 0.4) is 0 Å². The topological polar surface area (TPSA) is 70.3 Å². The van der Waals surface area contributed by atoms with E-state index in [1.54, 1.807) is 6.07 Å². The van der Waals surface area contributed by atoms with Gasteiger partial charge in [0.2, 0.25) is 0 Å². The van der Waals surface area contributed by atoms with E-state index in [1.165, 1.54) is 6.92 Å². The van der Waals surface area contributed by atoms with Gasteiger partial charge in [-0.25, -0.2) is 0 Å². The second-order valence-electron chi connectivity index (χ2n) is 1.08. The van der Waals surface area contributed by atoms with Crippen LogP contribution < -0.4 is 0 Å². The van der Waals surface area contributed by atoms with Crippen molar-refractivity contribution >= 4 is 11.4 Å². The van der Waals surface area contributed by atoms with Gasteiger partial charge in [0.15, 0.2) is 6.10 Å². The average Bonchev–Trinajstić information content (AvgIpc) is 1.65. The molecule has 0 saturated heterocycles. The maximum absolute atomic E-state index is 9.71. The fraction of sp³-hybridized carbons (Fsp3) is 0.667. The highest BCUT2D eigenvalue weighted by Gasteiger charge is 2.01. The van der Waals surface area contributed by atoms with E-state index in [2.05, 4.69) is 4.18 Å². The van der Waals surface area contributed by atoms with Crippen molar-refractivity contribution < 1.29 is 12.9 Å². The van der Waals surface area contributed by atoms with Crippen LogP contribution in [0.1, 0.15) is 6.92 Å². The Hall–Kier alpha value is -0.440. The van der Waals surface area contributed by atoms with Crippen molar-refractivity contribution in [3.05, 3.63) is 0 Å². The van der Waals surface area contributed by atoms with Crippen LogP contribution in [0.15, 0.2) is 0 Å². The lowest BCUT2D eigenvalue weighted by molar-refractivity contribution is 0.272. The van der Waals surface area contributed by atoms with E-state index in [1.807, 2.05) is 0 Å². The monoisotopic (exact) mass is 135 g/mol. The van der Waals surface area contributed by atoms with Crippen molar-refractivity contribution in [1.29, 1.82) is 5.26 Å². The molecule has 0 heterocycles. The van der Waals surface area contributed by atoms with E-state index in [-0.39, 0.29) is 0 Å². The lowest BCUT2D eigenvalue weighted by Crippen LogP contribution is -2.05. The maximum atomic E-state index is 9.71. The minimum Gasteiger partial charge on any atom is -0.284 e. The Kier molecular flexibility index (Phi) is 3.35. The summed E-state index contributed by atoms with van der Waals surface area (Å²) >= 11 is -2.32. The van der Waals surface area contributed by atoms with Gasteiger partial charge in [-0.05, 0) is 6.92 Å². The molecule has 0 bridgehead atoms. The molecular formula is C3H5NO3S. The molecule has 0 aromatic rings. The Morgan fingerprint density at radius 3 is 2.62 bits per heavy atom. The van der Waals surface area contributed by atoms with Gasteiger partial charge in [-0.1, -0.05) is 0 Å². The quantitative estimate of drug-likeness (QED) is 0.543. The van der Waals surface area contributed by atoms with Crippen LogP contribution in [0.5, 0.6) is 0 Å². The lowest BCUT2D eigenvalue weighted by Gasteiger charge is -1.94. The minimum atomic E-state index is -2.32. The Labute approximate surface area is 49.6 Å². The van der Waals surface area contributed by atoms with Gasteiger partial charge in [-0.15, -0.1) is 0 Å². The van der Waals surface area contributed by atoms with Gasteiger partial charge in [-0.2, -0.15) is 9.47 Å². The van der Waals surface area contributed by atoms with Crippen molar-refractivity contribution in [2.75, 3.05) is 0 Å². The fourth-order valence-corrected chi connectivity index (χ4v) is 0.435. The van der Waals surface area contributed by atoms with Crippen molar-refractivity contribution in [2.24, 2.45) is 0 Å². The molecule has 4 nitrogen and oxygen atoms in total. The molecule has 2 unspecified atom stereocenters. The third kappa shape index (κ3) is 3.74. The van der Waals surface area contributed by atoms with E-state index in [4.69, 9.17) is 9.81 Å². The molecule has 5 heteroatoms. The smallest absolute Gasteiger partial charge is 0.284 e. The zero-order valence-corrected chi connectivity index (χ0v) is 5.01. The van der Waals surface area contributed by atoms with Gasteiger partial charge in [0.1, 0.15) is 0 Å². The molecule has 0 rings (SSSR count). The number of rotatable bonds is 2. The van der Waals surface area contributed by atoms with Gasteiger partial charge in [-0.3, -0.25) is 8.74 Å². The third-order valence-corrected chi connectivity index (χ3v) is 0.862. The van der Waals surface area contributed by atoms with Crippen LogP contribution in [0.25, 0.3) is 0 Å². The Morgan fingerprint density at radius 1 is 2.00 bits per heavy atom. The summed E-state index contributed by atoms with van der Waals surface area (Å²) in [4.78, 5) is 0. The molecule has 0 amide bonds. The van der Waals surface area contributed by atoms with Crippen molar-refractivity contribution in [3.63, 3.8) is 0 Å². The Bertz CT molecular complexity index is 129. The van der Waals surface area contributed by atoms with Crippen LogP contribution in [-0.4, -0.2) is 14.9 Å². The van der Waals surface area contributed by atoms with E-state index in [0.29, 0.717) is 0 Å². The van der Waals surface area contributed by atoms with Crippen molar-refractivity contribution in [1.82, 2.24) is 0 Å². The van der Waals surface area contributed by atoms with Gasteiger partial charge >= 0.3 is 11.4 Å². The fourth-order valence-electron chi connectivity index (χ4n) is 0.145. The molecule has 0 aromatic carbocycles. The summed E-state index contributed by atoms with van der Waals surface area (Å²) in [5.41, 5.74) is 0. The summed E-state index contributed by atoms with van der Waals surface area (Å²) in [6, 6.07) is 1.62. The first-order chi connectivity index (χ1) is 3.66. The van der Waals surface area contributed by atoms with E-state index in [0.717, 1.165) is 0 Å². The molecule has 0 aromatic heterocycles. The highest BCUT2D eigenvalue weighted by atomic mass is 32.2. The van der Waals surface area contributed by atoms with Crippen LogP contribution >= 0.6 is 0 Å². The average molecular weight is 135 g/mol. The normalized spacial score (nSPS) is 16.6. The highest BCUT2D eigenvalue weighted by Crippen LogP contribution is 1.88. The third-order valence-electron chi connectivity index (χ3n) is 0.408. The number of nitrogens with zero attached hydrogens (tertiary/aromatic N) is 1. The van der Waals surface area contributed by atoms with E-state index in [9.17, 15) is 4.21 Å². The predicted octanol–water partition coefficient (Wildman–Crippen LogP) is 0.0518. The first-order valence-electron chi connectivity index (χ1n) is 1.84. The first kappa shape index (κ1) is 7.56. The minimum absolute atomic E-state index is 0.819. The highest BCUT2D eigenvalue weighted by molar-refractivity contribution is 7.74. The summed E-state index contributed by atoms with van der Waals surface area (Å²) in [7, 11) is 0. The molecule has 46 valence electrons. The van der Waals surface area contributed by atoms with Crippen LogP contribution in [0.2, 0.25) is 0 Å². The second kappa shape index (κ2) is 3.55. The van der Waals surface area contributed by atoms with E-state index >= 15 is 0 Å². The van der Waals surface area contributed by atoms with E-state index < -0.39 is 17.5 Å². The number of nitriles is 1. The van der Waals surface area contributed by atoms with Crippen molar-refractivity contribution in [3.8, 4) is 6.07 Å². The Balaban J connectivity index is 3.43. The molecule has 0 aliphatic rings. The number of hydrogen-bond donors (Lipinski definition) is 1. The SMILES string of the molecule is CC(C#N)OS(=O)O. The van der Waals surface area contributed by atoms with Crippen molar-refractivity contribution in [2.45, 2.75) is 13.0 Å². The van der Waals surface area contributed by atoms with Crippen LogP contribution in [0, 0.1) is 11.3 Å². The van der Waals surface area contributed by atoms with Gasteiger partial charge < -0.3 is 0 Å². The molecule has 0 aliphatic heterocycles. The summed E-state index contributed by atoms with van der Waals surface area (Å²) in [6.45, 7) is 1.38. The zero-order valence-electron chi connectivity index (χ0n) is 4.20. The van der Waals surface area contributed by atoms with Crippen LogP contribution in [-0.2, 0) is 15.5 Å². The molecule has 0 saturated carbocycles. The molecular weight excluding hydrogens is 130 g/mol. The lowest BCUT2D eigenvalue weighted by atomic mass is 10.5. The molecule has 2 atom stereocenters. The van der Waals surface area contributed by atoms with Gasteiger partial charge in [0, 0.05) is 0 Å². The van der Waals surface area contributed by atoms with Gasteiger partial charge in [0.25, 0.3) is 0 Å². The van der Waals surface area contributed by atoms with Crippen LogP contribution in [0.4, 0.5) is 0 Å². The molecule has 0 fully saturated rings. The largest absolute Gasteiger partial charge is 0.303 e. The zero-order chi connectivity index (χ0) is 6.57. The molecule has 8 heavy (non-hydrogen) atoms. The second-order valence-corrected chi connectivity index (χ2v) is 1.71. The predicted molar refractivity (Wildman–Crippen MR) is 26.9 cm³/mol. The summed E-state index contributed by atoms with van der Waals surface area (Å²) < 4.78 is 21.7. The Morgan fingerprint density at radius 2 is 2.50 bits per heavy atom. The number of hydrogen-bond acceptors (Lipinski definition) is 3.